The number of anilines is 1. The highest BCUT2D eigenvalue weighted by atomic mass is 32.2. The molecule has 0 aliphatic heterocycles. The Balaban J connectivity index is 1.66. The lowest BCUT2D eigenvalue weighted by molar-refractivity contribution is 0.0979. The zero-order valence-electron chi connectivity index (χ0n) is 15.3. The van der Waals surface area contributed by atoms with E-state index in [2.05, 4.69) is 5.32 Å². The van der Waals surface area contributed by atoms with Crippen LogP contribution in [-0.2, 0) is 9.84 Å². The van der Waals surface area contributed by atoms with Crippen LogP contribution in [-0.4, -0.2) is 32.1 Å². The van der Waals surface area contributed by atoms with Crippen molar-refractivity contribution >= 4 is 33.0 Å². The topological polar surface area (TPSA) is 97.4 Å². The summed E-state index contributed by atoms with van der Waals surface area (Å²) in [7, 11) is -3.45. The van der Waals surface area contributed by atoms with Crippen LogP contribution in [0.25, 0.3) is 0 Å². The van der Waals surface area contributed by atoms with E-state index in [4.69, 9.17) is 0 Å². The summed E-state index contributed by atoms with van der Waals surface area (Å²) in [6.07, 6.45) is 1.06. The van der Waals surface area contributed by atoms with Crippen LogP contribution >= 0.6 is 0 Å². The second-order valence-corrected chi connectivity index (χ2v) is 8.73. The van der Waals surface area contributed by atoms with Gasteiger partial charge in [0, 0.05) is 39.8 Å². The summed E-state index contributed by atoms with van der Waals surface area (Å²) in [6.45, 7) is 0. The molecule has 0 atom stereocenters. The molecule has 0 spiro atoms. The molecule has 4 rings (SSSR count). The number of sulfone groups is 1. The average molecular weight is 405 g/mol. The Kier molecular flexibility index (Phi) is 4.39. The predicted molar refractivity (Wildman–Crippen MR) is 107 cm³/mol. The lowest BCUT2D eigenvalue weighted by atomic mass is 9.84. The monoisotopic (exact) mass is 405 g/mol. The van der Waals surface area contributed by atoms with Crippen molar-refractivity contribution in [3.8, 4) is 0 Å². The lowest BCUT2D eigenvalue weighted by Gasteiger charge is -2.18. The minimum absolute atomic E-state index is 0.0352. The van der Waals surface area contributed by atoms with Crippen LogP contribution in [0.3, 0.4) is 0 Å². The van der Waals surface area contributed by atoms with Gasteiger partial charge in [-0.15, -0.1) is 0 Å². The van der Waals surface area contributed by atoms with Gasteiger partial charge >= 0.3 is 0 Å². The number of ketones is 2. The second kappa shape index (κ2) is 6.79. The first-order valence-corrected chi connectivity index (χ1v) is 10.6. The lowest BCUT2D eigenvalue weighted by Crippen LogP contribution is -2.21. The Bertz CT molecular complexity index is 1310. The van der Waals surface area contributed by atoms with Gasteiger partial charge in [-0.25, -0.2) is 8.42 Å². The van der Waals surface area contributed by atoms with Gasteiger partial charge in [-0.1, -0.05) is 30.3 Å². The molecule has 1 N–H and O–H groups in total. The summed E-state index contributed by atoms with van der Waals surface area (Å²) in [4.78, 5) is 38.0. The highest BCUT2D eigenvalue weighted by Gasteiger charge is 2.29. The fourth-order valence-electron chi connectivity index (χ4n) is 3.25. The molecule has 1 aliphatic rings. The fraction of sp³-hybridized carbons (Fsp3) is 0.0455. The van der Waals surface area contributed by atoms with Gasteiger partial charge < -0.3 is 5.32 Å². The molecule has 0 radical (unpaired) electrons. The first-order valence-electron chi connectivity index (χ1n) is 8.69. The van der Waals surface area contributed by atoms with Crippen molar-refractivity contribution in [3.05, 3.63) is 94.5 Å². The molecule has 144 valence electrons. The summed E-state index contributed by atoms with van der Waals surface area (Å²) >= 11 is 0. The first kappa shape index (κ1) is 18.8. The zero-order chi connectivity index (χ0) is 20.8. The molecule has 1 amide bonds. The Hall–Kier alpha value is -3.58. The minimum atomic E-state index is -3.45. The van der Waals surface area contributed by atoms with Crippen LogP contribution in [0.5, 0.6) is 0 Å². The van der Waals surface area contributed by atoms with Crippen molar-refractivity contribution in [2.24, 2.45) is 0 Å². The van der Waals surface area contributed by atoms with Gasteiger partial charge in [-0.3, -0.25) is 14.4 Å². The SMILES string of the molecule is CS(=O)(=O)c1cccc(C(=O)Nc2ccc3c(c2)C(=O)c2ccccc2C3=O)c1. The number of hydrogen-bond acceptors (Lipinski definition) is 5. The standard InChI is InChI=1S/C22H15NO5S/c1-29(27,28)15-6-4-5-13(11-15)22(26)23-14-9-10-18-19(12-14)21(25)17-8-3-2-7-16(17)20(18)24/h2-12H,1H3,(H,23,26). The molecule has 0 fully saturated rings. The van der Waals surface area contributed by atoms with Crippen LogP contribution in [0.1, 0.15) is 42.2 Å². The van der Waals surface area contributed by atoms with E-state index in [1.54, 1.807) is 24.3 Å². The number of amides is 1. The van der Waals surface area contributed by atoms with Crippen LogP contribution in [0.2, 0.25) is 0 Å². The van der Waals surface area contributed by atoms with Crippen molar-refractivity contribution in [2.75, 3.05) is 11.6 Å². The summed E-state index contributed by atoms with van der Waals surface area (Å²) in [5.41, 5.74) is 1.69. The van der Waals surface area contributed by atoms with E-state index >= 15 is 0 Å². The largest absolute Gasteiger partial charge is 0.322 e. The molecular formula is C22H15NO5S. The number of carbonyl (C=O) groups excluding carboxylic acids is 3. The molecule has 0 saturated carbocycles. The summed E-state index contributed by atoms with van der Waals surface area (Å²) < 4.78 is 23.4. The molecule has 3 aromatic carbocycles. The molecule has 0 unspecified atom stereocenters. The molecule has 29 heavy (non-hydrogen) atoms. The second-order valence-electron chi connectivity index (χ2n) is 6.72. The number of benzene rings is 3. The van der Waals surface area contributed by atoms with Crippen molar-refractivity contribution < 1.29 is 22.8 Å². The maximum Gasteiger partial charge on any atom is 0.255 e. The zero-order valence-corrected chi connectivity index (χ0v) is 16.1. The Morgan fingerprint density at radius 2 is 1.38 bits per heavy atom. The van der Waals surface area contributed by atoms with Gasteiger partial charge in [0.15, 0.2) is 21.4 Å². The molecule has 0 heterocycles. The van der Waals surface area contributed by atoms with Crippen LogP contribution in [0, 0.1) is 0 Å². The third-order valence-electron chi connectivity index (χ3n) is 4.71. The van der Waals surface area contributed by atoms with Crippen molar-refractivity contribution in [3.63, 3.8) is 0 Å². The van der Waals surface area contributed by atoms with Crippen molar-refractivity contribution in [1.29, 1.82) is 0 Å². The molecule has 0 aromatic heterocycles. The third kappa shape index (κ3) is 3.36. The highest BCUT2D eigenvalue weighted by molar-refractivity contribution is 7.90. The average Bonchev–Trinajstić information content (AvgIpc) is 2.71. The van der Waals surface area contributed by atoms with Gasteiger partial charge in [-0.05, 0) is 36.4 Å². The number of hydrogen-bond donors (Lipinski definition) is 1. The third-order valence-corrected chi connectivity index (χ3v) is 5.82. The number of rotatable bonds is 3. The van der Waals surface area contributed by atoms with Gasteiger partial charge in [0.1, 0.15) is 0 Å². The molecule has 0 saturated heterocycles. The van der Waals surface area contributed by atoms with Crippen molar-refractivity contribution in [2.45, 2.75) is 4.90 Å². The van der Waals surface area contributed by atoms with E-state index in [0.29, 0.717) is 16.8 Å². The van der Waals surface area contributed by atoms with Crippen molar-refractivity contribution in [1.82, 2.24) is 0 Å². The molecule has 7 heteroatoms. The van der Waals surface area contributed by atoms with E-state index in [1.807, 2.05) is 0 Å². The van der Waals surface area contributed by atoms with Crippen LogP contribution in [0.4, 0.5) is 5.69 Å². The quantitative estimate of drug-likeness (QED) is 0.565. The maximum atomic E-state index is 12.8. The molecule has 1 aliphatic carbocycles. The Labute approximate surface area is 167 Å². The summed E-state index contributed by atoms with van der Waals surface area (Å²) in [5, 5.41) is 2.65. The van der Waals surface area contributed by atoms with Gasteiger partial charge in [0.05, 0.1) is 4.90 Å². The summed E-state index contributed by atoms with van der Waals surface area (Å²) in [6, 6.07) is 16.8. The molecule has 6 nitrogen and oxygen atoms in total. The smallest absolute Gasteiger partial charge is 0.255 e. The first-order chi connectivity index (χ1) is 13.8. The van der Waals surface area contributed by atoms with E-state index in [9.17, 15) is 22.8 Å². The molecule has 3 aromatic rings. The van der Waals surface area contributed by atoms with Gasteiger partial charge in [0.2, 0.25) is 0 Å². The van der Waals surface area contributed by atoms with E-state index in [1.165, 1.54) is 42.5 Å². The van der Waals surface area contributed by atoms with E-state index in [0.717, 1.165) is 6.26 Å². The Morgan fingerprint density at radius 3 is 2.03 bits per heavy atom. The minimum Gasteiger partial charge on any atom is -0.322 e. The predicted octanol–water partition coefficient (Wildman–Crippen LogP) is 3.12. The molecule has 0 bridgehead atoms. The van der Waals surface area contributed by atoms with E-state index < -0.39 is 15.7 Å². The Morgan fingerprint density at radius 1 is 0.759 bits per heavy atom. The normalized spacial score (nSPS) is 12.9. The van der Waals surface area contributed by atoms with E-state index in [-0.39, 0.29) is 33.2 Å². The van der Waals surface area contributed by atoms with Gasteiger partial charge in [0.25, 0.3) is 5.91 Å². The summed E-state index contributed by atoms with van der Waals surface area (Å²) in [5.74, 6) is -1.05. The van der Waals surface area contributed by atoms with Gasteiger partial charge in [-0.2, -0.15) is 0 Å². The van der Waals surface area contributed by atoms with Crippen LogP contribution < -0.4 is 5.32 Å². The fourth-order valence-corrected chi connectivity index (χ4v) is 3.92. The number of carbonyl (C=O) groups is 3. The molecular weight excluding hydrogens is 390 g/mol. The van der Waals surface area contributed by atoms with Crippen LogP contribution in [0.15, 0.2) is 71.6 Å². The number of nitrogens with one attached hydrogen (secondary N) is 1. The number of fused-ring (bicyclic) bond motifs is 2. The maximum absolute atomic E-state index is 12.8. The highest BCUT2D eigenvalue weighted by Crippen LogP contribution is 2.29.